The first-order chi connectivity index (χ1) is 14.0. The molecule has 0 atom stereocenters. The van der Waals surface area contributed by atoms with Crippen molar-refractivity contribution in [1.82, 2.24) is 4.90 Å². The van der Waals surface area contributed by atoms with Crippen molar-refractivity contribution in [2.24, 2.45) is 0 Å². The molecule has 0 aromatic heterocycles. The van der Waals surface area contributed by atoms with E-state index in [9.17, 15) is 9.59 Å². The predicted molar refractivity (Wildman–Crippen MR) is 110 cm³/mol. The van der Waals surface area contributed by atoms with E-state index in [-0.39, 0.29) is 17.5 Å². The summed E-state index contributed by atoms with van der Waals surface area (Å²) in [6.45, 7) is 2.28. The number of carbonyl (C=O) groups excluding carboxylic acids is 2. The van der Waals surface area contributed by atoms with E-state index in [1.165, 1.54) is 26.2 Å². The zero-order chi connectivity index (χ0) is 21.0. The standard InChI is InChI=1S/C22H24N2O5/c1-5-11-24-21(25)18(14-9-7-6-8-10-14)19(22(24)26)23-15-12-16(27-2)20(29-4)17(13-15)28-3/h6-10,12-13,23H,5,11H2,1-4H3. The van der Waals surface area contributed by atoms with Crippen LogP contribution in [0, 0.1) is 0 Å². The van der Waals surface area contributed by atoms with E-state index in [4.69, 9.17) is 14.2 Å². The highest BCUT2D eigenvalue weighted by atomic mass is 16.5. The molecule has 0 unspecified atom stereocenters. The highest BCUT2D eigenvalue weighted by molar-refractivity contribution is 6.36. The van der Waals surface area contributed by atoms with Crippen molar-refractivity contribution in [2.45, 2.75) is 13.3 Å². The quantitative estimate of drug-likeness (QED) is 0.690. The number of rotatable bonds is 8. The molecule has 0 spiro atoms. The third kappa shape index (κ3) is 3.76. The van der Waals surface area contributed by atoms with E-state index in [1.807, 2.05) is 37.3 Å². The number of amides is 2. The lowest BCUT2D eigenvalue weighted by molar-refractivity contribution is -0.136. The van der Waals surface area contributed by atoms with Crippen LogP contribution >= 0.6 is 0 Å². The fourth-order valence-corrected chi connectivity index (χ4v) is 3.29. The topological polar surface area (TPSA) is 77.1 Å². The lowest BCUT2D eigenvalue weighted by Crippen LogP contribution is -2.33. The summed E-state index contributed by atoms with van der Waals surface area (Å²) in [6, 6.07) is 12.5. The van der Waals surface area contributed by atoms with Crippen molar-refractivity contribution < 1.29 is 23.8 Å². The number of benzene rings is 2. The summed E-state index contributed by atoms with van der Waals surface area (Å²) in [7, 11) is 4.55. The highest BCUT2D eigenvalue weighted by Crippen LogP contribution is 2.41. The summed E-state index contributed by atoms with van der Waals surface area (Å²) >= 11 is 0. The molecule has 1 aliphatic rings. The van der Waals surface area contributed by atoms with Crippen LogP contribution in [0.2, 0.25) is 0 Å². The van der Waals surface area contributed by atoms with E-state index in [0.29, 0.717) is 47.0 Å². The van der Waals surface area contributed by atoms with Crippen LogP contribution in [-0.4, -0.2) is 44.6 Å². The number of hydrogen-bond donors (Lipinski definition) is 1. The summed E-state index contributed by atoms with van der Waals surface area (Å²) in [5, 5.41) is 3.11. The average Bonchev–Trinajstić information content (AvgIpc) is 2.98. The molecule has 29 heavy (non-hydrogen) atoms. The number of hydrogen-bond acceptors (Lipinski definition) is 6. The number of nitrogens with one attached hydrogen (secondary N) is 1. The van der Waals surface area contributed by atoms with E-state index >= 15 is 0 Å². The smallest absolute Gasteiger partial charge is 0.278 e. The number of carbonyl (C=O) groups is 2. The molecule has 1 heterocycles. The van der Waals surface area contributed by atoms with Gasteiger partial charge in [-0.1, -0.05) is 37.3 Å². The van der Waals surface area contributed by atoms with Crippen molar-refractivity contribution in [1.29, 1.82) is 0 Å². The minimum Gasteiger partial charge on any atom is -0.493 e. The number of methoxy groups -OCH3 is 3. The molecule has 2 amide bonds. The van der Waals surface area contributed by atoms with Crippen molar-refractivity contribution in [3.05, 3.63) is 53.7 Å². The molecule has 7 heteroatoms. The third-order valence-corrected chi connectivity index (χ3v) is 4.61. The molecule has 152 valence electrons. The second-order valence-electron chi connectivity index (χ2n) is 6.42. The van der Waals surface area contributed by atoms with Gasteiger partial charge in [0.1, 0.15) is 5.70 Å². The second-order valence-corrected chi connectivity index (χ2v) is 6.42. The highest BCUT2D eigenvalue weighted by Gasteiger charge is 2.38. The van der Waals surface area contributed by atoms with Gasteiger partial charge in [-0.15, -0.1) is 0 Å². The van der Waals surface area contributed by atoms with Gasteiger partial charge in [-0.05, 0) is 12.0 Å². The van der Waals surface area contributed by atoms with Crippen LogP contribution in [0.3, 0.4) is 0 Å². The van der Waals surface area contributed by atoms with Crippen molar-refractivity contribution in [3.63, 3.8) is 0 Å². The molecule has 0 bridgehead atoms. The molecule has 0 fully saturated rings. The van der Waals surface area contributed by atoms with Crippen LogP contribution in [-0.2, 0) is 9.59 Å². The molecule has 0 radical (unpaired) electrons. The van der Waals surface area contributed by atoms with Gasteiger partial charge >= 0.3 is 0 Å². The van der Waals surface area contributed by atoms with Crippen molar-refractivity contribution in [3.8, 4) is 17.2 Å². The van der Waals surface area contributed by atoms with Gasteiger partial charge in [0.05, 0.1) is 26.9 Å². The summed E-state index contributed by atoms with van der Waals surface area (Å²) in [5.74, 6) is 0.665. The van der Waals surface area contributed by atoms with Crippen LogP contribution in [0.5, 0.6) is 17.2 Å². The maximum atomic E-state index is 13.0. The number of imide groups is 1. The average molecular weight is 396 g/mol. The van der Waals surface area contributed by atoms with Gasteiger partial charge in [-0.25, -0.2) is 0 Å². The molecule has 2 aromatic rings. The summed E-state index contributed by atoms with van der Waals surface area (Å²) in [6.07, 6.45) is 0.678. The molecule has 7 nitrogen and oxygen atoms in total. The molecule has 1 aliphatic heterocycles. The van der Waals surface area contributed by atoms with Crippen LogP contribution in [0.4, 0.5) is 5.69 Å². The Bertz CT molecular complexity index is 928. The molecule has 0 aliphatic carbocycles. The normalized spacial score (nSPS) is 13.7. The molecule has 0 saturated carbocycles. The molecular formula is C22H24N2O5. The van der Waals surface area contributed by atoms with Gasteiger partial charge in [0.2, 0.25) is 5.75 Å². The fraction of sp³-hybridized carbons (Fsp3) is 0.273. The maximum absolute atomic E-state index is 13.0. The zero-order valence-corrected chi connectivity index (χ0v) is 16.9. The Balaban J connectivity index is 2.10. The van der Waals surface area contributed by atoms with E-state index < -0.39 is 0 Å². The zero-order valence-electron chi connectivity index (χ0n) is 16.9. The van der Waals surface area contributed by atoms with Gasteiger partial charge in [-0.2, -0.15) is 0 Å². The fourth-order valence-electron chi connectivity index (χ4n) is 3.29. The maximum Gasteiger partial charge on any atom is 0.278 e. The monoisotopic (exact) mass is 396 g/mol. The van der Waals surface area contributed by atoms with Gasteiger partial charge < -0.3 is 19.5 Å². The summed E-state index contributed by atoms with van der Waals surface area (Å²) < 4.78 is 16.1. The molecular weight excluding hydrogens is 372 g/mol. The van der Waals surface area contributed by atoms with Gasteiger partial charge in [0.25, 0.3) is 11.8 Å². The van der Waals surface area contributed by atoms with Crippen LogP contribution in [0.25, 0.3) is 5.57 Å². The van der Waals surface area contributed by atoms with Crippen LogP contribution in [0.15, 0.2) is 48.2 Å². The van der Waals surface area contributed by atoms with Gasteiger partial charge in [0, 0.05) is 24.4 Å². The first kappa shape index (κ1) is 20.3. The minimum atomic E-state index is -0.357. The van der Waals surface area contributed by atoms with Crippen molar-refractivity contribution >= 4 is 23.1 Å². The Hall–Kier alpha value is -3.48. The first-order valence-electron chi connectivity index (χ1n) is 9.28. The largest absolute Gasteiger partial charge is 0.493 e. The number of ether oxygens (including phenoxy) is 3. The second kappa shape index (κ2) is 8.68. The molecule has 2 aromatic carbocycles. The molecule has 3 rings (SSSR count). The lowest BCUT2D eigenvalue weighted by Gasteiger charge is -2.16. The summed E-state index contributed by atoms with van der Waals surface area (Å²) in [4.78, 5) is 27.3. The Morgan fingerprint density at radius 3 is 2.03 bits per heavy atom. The van der Waals surface area contributed by atoms with Crippen molar-refractivity contribution in [2.75, 3.05) is 33.2 Å². The SMILES string of the molecule is CCCN1C(=O)C(Nc2cc(OC)c(OC)c(OC)c2)=C(c2ccccc2)C1=O. The van der Waals surface area contributed by atoms with E-state index in [2.05, 4.69) is 5.32 Å². The van der Waals surface area contributed by atoms with Gasteiger partial charge in [0.15, 0.2) is 11.5 Å². The number of anilines is 1. The molecule has 0 saturated heterocycles. The van der Waals surface area contributed by atoms with E-state index in [0.717, 1.165) is 0 Å². The Labute approximate surface area is 169 Å². The third-order valence-electron chi connectivity index (χ3n) is 4.61. The van der Waals surface area contributed by atoms with Crippen LogP contribution in [0.1, 0.15) is 18.9 Å². The molecule has 1 N–H and O–H groups in total. The first-order valence-corrected chi connectivity index (χ1v) is 9.28. The predicted octanol–water partition coefficient (Wildman–Crippen LogP) is 3.31. The Morgan fingerprint density at radius 1 is 0.897 bits per heavy atom. The van der Waals surface area contributed by atoms with Gasteiger partial charge in [-0.3, -0.25) is 14.5 Å². The van der Waals surface area contributed by atoms with E-state index in [1.54, 1.807) is 12.1 Å². The Kier molecular flexibility index (Phi) is 6.07. The number of nitrogens with zero attached hydrogens (tertiary/aromatic N) is 1. The summed E-state index contributed by atoms with van der Waals surface area (Å²) in [5.41, 5.74) is 1.79. The van der Waals surface area contributed by atoms with Crippen LogP contribution < -0.4 is 19.5 Å². The Morgan fingerprint density at radius 2 is 1.52 bits per heavy atom. The minimum absolute atomic E-state index is 0.226. The lowest BCUT2D eigenvalue weighted by atomic mass is 10.0.